The van der Waals surface area contributed by atoms with Crippen LogP contribution in [-0.4, -0.2) is 23.6 Å². The van der Waals surface area contributed by atoms with Crippen LogP contribution < -0.4 is 5.43 Å². The van der Waals surface area contributed by atoms with E-state index >= 15 is 0 Å². The van der Waals surface area contributed by atoms with Crippen molar-refractivity contribution in [2.45, 2.75) is 63.3 Å². The highest BCUT2D eigenvalue weighted by Gasteiger charge is 2.51. The molecule has 0 aromatic carbocycles. The van der Waals surface area contributed by atoms with Crippen molar-refractivity contribution >= 4 is 12.4 Å². The molecule has 104 valence electrons. The Labute approximate surface area is 117 Å². The normalized spacial score (nSPS) is 47.0. The van der Waals surface area contributed by atoms with Crippen LogP contribution in [0.5, 0.6) is 0 Å². The minimum Gasteiger partial charge on any atom is -0.249 e. The summed E-state index contributed by atoms with van der Waals surface area (Å²) < 4.78 is 0. The first-order chi connectivity index (χ1) is 8.31. The van der Waals surface area contributed by atoms with Crippen LogP contribution in [0.25, 0.3) is 0 Å². The number of piperidine rings is 1. The predicted molar refractivity (Wildman–Crippen MR) is 76.7 cm³/mol. The summed E-state index contributed by atoms with van der Waals surface area (Å²) in [6.45, 7) is 2.59. The van der Waals surface area contributed by atoms with E-state index in [0.29, 0.717) is 5.54 Å². The Hall–Kier alpha value is 0.210. The summed E-state index contributed by atoms with van der Waals surface area (Å²) in [7, 11) is 0. The first kappa shape index (κ1) is 13.2. The van der Waals surface area contributed by atoms with Crippen LogP contribution in [0.4, 0.5) is 0 Å². The number of hydrazine groups is 1. The fourth-order valence-corrected chi connectivity index (χ4v) is 5.59. The molecule has 3 heteroatoms. The number of nitrogens with one attached hydrogen (secondary N) is 1. The highest BCUT2D eigenvalue weighted by molar-refractivity contribution is 5.85. The van der Waals surface area contributed by atoms with E-state index in [2.05, 4.69) is 10.4 Å². The van der Waals surface area contributed by atoms with E-state index in [9.17, 15) is 0 Å². The molecule has 5 fully saturated rings. The van der Waals surface area contributed by atoms with Gasteiger partial charge in [-0.1, -0.05) is 6.42 Å². The Bertz CT molecular complexity index is 264. The minimum absolute atomic E-state index is 0. The third-order valence-electron chi connectivity index (χ3n) is 5.79. The molecule has 0 amide bonds. The van der Waals surface area contributed by atoms with E-state index in [-0.39, 0.29) is 12.4 Å². The standard InChI is InChI=1S/C15H26N2.ClH/c1-2-4-17(5-3-1)16-15-9-12-6-13(10-15)8-14(7-12)11-15;/h12-14,16H,1-11H2;1H. The molecule has 0 radical (unpaired) electrons. The molecule has 2 nitrogen and oxygen atoms in total. The van der Waals surface area contributed by atoms with E-state index in [1.807, 2.05) is 0 Å². The molecule has 4 bridgehead atoms. The molecule has 5 rings (SSSR count). The zero-order valence-electron chi connectivity index (χ0n) is 11.4. The maximum Gasteiger partial charge on any atom is 0.0334 e. The fraction of sp³-hybridized carbons (Fsp3) is 1.00. The van der Waals surface area contributed by atoms with Crippen LogP contribution in [0.15, 0.2) is 0 Å². The van der Waals surface area contributed by atoms with Gasteiger partial charge in [-0.3, -0.25) is 0 Å². The van der Waals surface area contributed by atoms with Gasteiger partial charge in [0, 0.05) is 18.6 Å². The zero-order chi connectivity index (χ0) is 11.3. The Kier molecular flexibility index (Phi) is 3.64. The second-order valence-corrected chi connectivity index (χ2v) is 7.36. The average Bonchev–Trinajstić information content (AvgIpc) is 2.27. The van der Waals surface area contributed by atoms with Crippen LogP contribution in [0.2, 0.25) is 0 Å². The third kappa shape index (κ3) is 2.32. The van der Waals surface area contributed by atoms with Crippen molar-refractivity contribution in [1.82, 2.24) is 10.4 Å². The Morgan fingerprint density at radius 3 is 1.78 bits per heavy atom. The Balaban J connectivity index is 0.000001000. The predicted octanol–water partition coefficient (Wildman–Crippen LogP) is 3.37. The summed E-state index contributed by atoms with van der Waals surface area (Å²) in [5.41, 5.74) is 4.53. The molecule has 1 saturated heterocycles. The molecule has 0 aromatic rings. The molecule has 1 N–H and O–H groups in total. The lowest BCUT2D eigenvalue weighted by molar-refractivity contribution is -0.0624. The second-order valence-electron chi connectivity index (χ2n) is 7.36. The molecule has 0 unspecified atom stereocenters. The van der Waals surface area contributed by atoms with Crippen molar-refractivity contribution in [2.75, 3.05) is 13.1 Å². The molecule has 18 heavy (non-hydrogen) atoms. The summed E-state index contributed by atoms with van der Waals surface area (Å²) in [5, 5.41) is 2.57. The van der Waals surface area contributed by atoms with Gasteiger partial charge in [0.15, 0.2) is 0 Å². The monoisotopic (exact) mass is 270 g/mol. The molecule has 1 heterocycles. The smallest absolute Gasteiger partial charge is 0.0334 e. The van der Waals surface area contributed by atoms with Crippen LogP contribution in [0.1, 0.15) is 57.8 Å². The summed E-state index contributed by atoms with van der Waals surface area (Å²) in [5.74, 6) is 3.20. The van der Waals surface area contributed by atoms with E-state index in [1.54, 1.807) is 19.3 Å². The largest absolute Gasteiger partial charge is 0.249 e. The van der Waals surface area contributed by atoms with Crippen LogP contribution >= 0.6 is 12.4 Å². The Morgan fingerprint density at radius 1 is 0.778 bits per heavy atom. The molecule has 0 atom stereocenters. The lowest BCUT2D eigenvalue weighted by atomic mass is 9.53. The van der Waals surface area contributed by atoms with Crippen molar-refractivity contribution in [3.05, 3.63) is 0 Å². The highest BCUT2D eigenvalue weighted by Crippen LogP contribution is 2.55. The maximum absolute atomic E-state index is 4.00. The molecule has 4 saturated carbocycles. The summed E-state index contributed by atoms with van der Waals surface area (Å²) in [6, 6.07) is 0. The van der Waals surface area contributed by atoms with Gasteiger partial charge in [-0.2, -0.15) is 0 Å². The van der Waals surface area contributed by atoms with Crippen LogP contribution in [0, 0.1) is 17.8 Å². The molecule has 0 aromatic heterocycles. The van der Waals surface area contributed by atoms with Gasteiger partial charge in [0.05, 0.1) is 0 Å². The van der Waals surface area contributed by atoms with Crippen molar-refractivity contribution in [1.29, 1.82) is 0 Å². The number of hydrogen-bond acceptors (Lipinski definition) is 2. The first-order valence-corrected chi connectivity index (χ1v) is 7.84. The van der Waals surface area contributed by atoms with Crippen LogP contribution in [0.3, 0.4) is 0 Å². The lowest BCUT2D eigenvalue weighted by Gasteiger charge is -2.58. The highest BCUT2D eigenvalue weighted by atomic mass is 35.5. The molecule has 5 aliphatic rings. The summed E-state index contributed by atoms with van der Waals surface area (Å²) in [6.07, 6.45) is 13.4. The minimum atomic E-state index is 0. The maximum atomic E-state index is 4.00. The van der Waals surface area contributed by atoms with Gasteiger partial charge >= 0.3 is 0 Å². The third-order valence-corrected chi connectivity index (χ3v) is 5.79. The van der Waals surface area contributed by atoms with Gasteiger partial charge in [0.25, 0.3) is 0 Å². The molecular weight excluding hydrogens is 244 g/mol. The van der Waals surface area contributed by atoms with Crippen molar-refractivity contribution in [3.63, 3.8) is 0 Å². The number of rotatable bonds is 2. The summed E-state index contributed by atoms with van der Waals surface area (Å²) in [4.78, 5) is 0. The topological polar surface area (TPSA) is 15.3 Å². The van der Waals surface area contributed by atoms with Crippen molar-refractivity contribution < 1.29 is 0 Å². The second kappa shape index (κ2) is 4.96. The van der Waals surface area contributed by atoms with Crippen molar-refractivity contribution in [2.24, 2.45) is 17.8 Å². The van der Waals surface area contributed by atoms with Gasteiger partial charge < -0.3 is 0 Å². The van der Waals surface area contributed by atoms with Gasteiger partial charge in [-0.15, -0.1) is 12.4 Å². The zero-order valence-corrected chi connectivity index (χ0v) is 12.2. The SMILES string of the molecule is C1CCN(NC23CC4CC(CC(C4)C2)C3)CC1.Cl. The number of halogens is 1. The molecule has 1 aliphatic heterocycles. The lowest BCUT2D eigenvalue weighted by Crippen LogP contribution is -2.63. The van der Waals surface area contributed by atoms with Crippen LogP contribution in [-0.2, 0) is 0 Å². The van der Waals surface area contributed by atoms with Crippen molar-refractivity contribution in [3.8, 4) is 0 Å². The van der Waals surface area contributed by atoms with Gasteiger partial charge in [0.1, 0.15) is 0 Å². The Morgan fingerprint density at radius 2 is 1.28 bits per heavy atom. The molecular formula is C15H27ClN2. The molecule has 4 aliphatic carbocycles. The van der Waals surface area contributed by atoms with E-state index in [1.165, 1.54) is 51.6 Å². The van der Waals surface area contributed by atoms with E-state index in [4.69, 9.17) is 0 Å². The quantitative estimate of drug-likeness (QED) is 0.828. The first-order valence-electron chi connectivity index (χ1n) is 7.84. The number of nitrogens with zero attached hydrogens (tertiary/aromatic N) is 1. The van der Waals surface area contributed by atoms with E-state index < -0.39 is 0 Å². The fourth-order valence-electron chi connectivity index (χ4n) is 5.59. The average molecular weight is 271 g/mol. The van der Waals surface area contributed by atoms with Gasteiger partial charge in [0.2, 0.25) is 0 Å². The summed E-state index contributed by atoms with van der Waals surface area (Å²) >= 11 is 0. The van der Waals surface area contributed by atoms with E-state index in [0.717, 1.165) is 17.8 Å². The van der Waals surface area contributed by atoms with Gasteiger partial charge in [-0.25, -0.2) is 10.4 Å². The molecule has 0 spiro atoms. The van der Waals surface area contributed by atoms with Gasteiger partial charge in [-0.05, 0) is 69.1 Å². The number of hydrogen-bond donors (Lipinski definition) is 1.